The van der Waals surface area contributed by atoms with Gasteiger partial charge >= 0.3 is 0 Å². The van der Waals surface area contributed by atoms with Gasteiger partial charge in [-0.15, -0.1) is 6.58 Å². The van der Waals surface area contributed by atoms with Crippen LogP contribution in [0.5, 0.6) is 0 Å². The molecule has 2 unspecified atom stereocenters. The van der Waals surface area contributed by atoms with E-state index in [0.29, 0.717) is 12.3 Å². The highest BCUT2D eigenvalue weighted by molar-refractivity contribution is 5.21. The lowest BCUT2D eigenvalue weighted by Crippen LogP contribution is -2.43. The average Bonchev–Trinajstić information content (AvgIpc) is 2.43. The van der Waals surface area contributed by atoms with Gasteiger partial charge in [0.1, 0.15) is 0 Å². The van der Waals surface area contributed by atoms with Crippen LogP contribution in [0.4, 0.5) is 0 Å². The number of hydrogen-bond donors (Lipinski definition) is 1. The molecule has 0 saturated heterocycles. The fourth-order valence-electron chi connectivity index (χ4n) is 2.80. The van der Waals surface area contributed by atoms with E-state index in [1.54, 1.807) is 0 Å². The van der Waals surface area contributed by atoms with Crippen LogP contribution in [-0.4, -0.2) is 10.7 Å². The van der Waals surface area contributed by atoms with Gasteiger partial charge in [0.2, 0.25) is 0 Å². The van der Waals surface area contributed by atoms with Crippen LogP contribution in [0.25, 0.3) is 0 Å². The van der Waals surface area contributed by atoms with Crippen LogP contribution in [0.15, 0.2) is 24.3 Å². The van der Waals surface area contributed by atoms with E-state index in [4.69, 9.17) is 0 Å². The van der Waals surface area contributed by atoms with Crippen LogP contribution in [0.1, 0.15) is 47.0 Å². The van der Waals surface area contributed by atoms with Crippen LogP contribution >= 0.6 is 0 Å². The summed E-state index contributed by atoms with van der Waals surface area (Å²) < 4.78 is 0. The van der Waals surface area contributed by atoms with Crippen molar-refractivity contribution in [3.8, 4) is 0 Å². The third-order valence-electron chi connectivity index (χ3n) is 4.31. The highest BCUT2D eigenvalue weighted by Gasteiger charge is 2.46. The summed E-state index contributed by atoms with van der Waals surface area (Å²) in [4.78, 5) is 0. The SMILES string of the molecule is C=CCC(O)(CC)C1CC=C(C)C1(C)C. The third-order valence-corrected chi connectivity index (χ3v) is 4.31. The van der Waals surface area contributed by atoms with E-state index >= 15 is 0 Å². The summed E-state index contributed by atoms with van der Waals surface area (Å²) in [5.41, 5.74) is 0.941. The zero-order valence-electron chi connectivity index (χ0n) is 10.5. The maximum Gasteiger partial charge on any atom is 0.0718 e. The first-order chi connectivity index (χ1) is 6.88. The van der Waals surface area contributed by atoms with Gasteiger partial charge in [0, 0.05) is 5.92 Å². The van der Waals surface area contributed by atoms with Crippen molar-refractivity contribution in [2.24, 2.45) is 11.3 Å². The van der Waals surface area contributed by atoms with Gasteiger partial charge in [0.05, 0.1) is 5.60 Å². The summed E-state index contributed by atoms with van der Waals surface area (Å²) in [6, 6.07) is 0. The van der Waals surface area contributed by atoms with E-state index in [-0.39, 0.29) is 5.41 Å². The number of allylic oxidation sites excluding steroid dienone is 2. The molecule has 0 aromatic rings. The van der Waals surface area contributed by atoms with Crippen molar-refractivity contribution in [3.05, 3.63) is 24.3 Å². The Kier molecular flexibility index (Phi) is 3.44. The highest BCUT2D eigenvalue weighted by atomic mass is 16.3. The van der Waals surface area contributed by atoms with Crippen LogP contribution in [0.3, 0.4) is 0 Å². The smallest absolute Gasteiger partial charge is 0.0718 e. The van der Waals surface area contributed by atoms with Gasteiger partial charge in [-0.3, -0.25) is 0 Å². The van der Waals surface area contributed by atoms with Crippen LogP contribution in [-0.2, 0) is 0 Å². The van der Waals surface area contributed by atoms with E-state index < -0.39 is 5.60 Å². The normalized spacial score (nSPS) is 28.3. The van der Waals surface area contributed by atoms with Gasteiger partial charge in [-0.2, -0.15) is 0 Å². The second-order valence-electron chi connectivity index (χ2n) is 5.35. The Morgan fingerprint density at radius 1 is 1.67 bits per heavy atom. The molecule has 1 aliphatic rings. The Bertz CT molecular complexity index is 275. The lowest BCUT2D eigenvalue weighted by Gasteiger charge is -2.41. The molecule has 0 heterocycles. The molecule has 2 atom stereocenters. The Balaban J connectivity index is 2.94. The molecule has 0 spiro atoms. The summed E-state index contributed by atoms with van der Waals surface area (Å²) in [6.07, 6.45) is 6.60. The Labute approximate surface area is 93.9 Å². The van der Waals surface area contributed by atoms with Gasteiger partial charge in [0.15, 0.2) is 0 Å². The van der Waals surface area contributed by atoms with Gasteiger partial charge in [-0.25, -0.2) is 0 Å². The molecule has 0 aromatic carbocycles. The molecule has 86 valence electrons. The molecule has 0 fully saturated rings. The minimum absolute atomic E-state index is 0.119. The van der Waals surface area contributed by atoms with E-state index in [1.807, 2.05) is 6.08 Å². The molecule has 0 radical (unpaired) electrons. The number of aliphatic hydroxyl groups is 1. The standard InChI is InChI=1S/C14H24O/c1-6-10-14(15,7-2)12-9-8-11(3)13(12,4)5/h6,8,12,15H,1,7,9-10H2,2-5H3. The Morgan fingerprint density at radius 3 is 2.60 bits per heavy atom. The molecule has 1 nitrogen and oxygen atoms in total. The predicted molar refractivity (Wildman–Crippen MR) is 65.7 cm³/mol. The van der Waals surface area contributed by atoms with Crippen LogP contribution < -0.4 is 0 Å². The van der Waals surface area contributed by atoms with Crippen molar-refractivity contribution in [2.45, 2.75) is 52.6 Å². The molecule has 0 saturated carbocycles. The van der Waals surface area contributed by atoms with Crippen molar-refractivity contribution in [3.63, 3.8) is 0 Å². The molecule has 1 aliphatic carbocycles. The lowest BCUT2D eigenvalue weighted by atomic mass is 9.67. The quantitative estimate of drug-likeness (QED) is 0.698. The summed E-state index contributed by atoms with van der Waals surface area (Å²) in [7, 11) is 0. The molecule has 0 amide bonds. The van der Waals surface area contributed by atoms with E-state index in [2.05, 4.69) is 40.3 Å². The van der Waals surface area contributed by atoms with E-state index in [9.17, 15) is 5.11 Å². The van der Waals surface area contributed by atoms with Crippen LogP contribution in [0.2, 0.25) is 0 Å². The molecule has 0 bridgehead atoms. The van der Waals surface area contributed by atoms with Crippen molar-refractivity contribution in [2.75, 3.05) is 0 Å². The summed E-state index contributed by atoms with van der Waals surface area (Å²) in [5, 5.41) is 10.7. The average molecular weight is 208 g/mol. The second kappa shape index (κ2) is 4.13. The molecule has 0 aromatic heterocycles. The van der Waals surface area contributed by atoms with Gasteiger partial charge in [-0.05, 0) is 31.6 Å². The monoisotopic (exact) mass is 208 g/mol. The lowest BCUT2D eigenvalue weighted by molar-refractivity contribution is -0.0508. The number of rotatable bonds is 4. The molecular formula is C14H24O. The maximum atomic E-state index is 10.7. The van der Waals surface area contributed by atoms with Gasteiger partial charge in [0.25, 0.3) is 0 Å². The van der Waals surface area contributed by atoms with Crippen molar-refractivity contribution >= 4 is 0 Å². The minimum atomic E-state index is -0.584. The minimum Gasteiger partial charge on any atom is -0.389 e. The molecule has 0 aliphatic heterocycles. The molecular weight excluding hydrogens is 184 g/mol. The summed E-state index contributed by atoms with van der Waals surface area (Å²) in [5.74, 6) is 0.327. The molecule has 1 rings (SSSR count). The zero-order valence-corrected chi connectivity index (χ0v) is 10.5. The third kappa shape index (κ3) is 2.03. The van der Waals surface area contributed by atoms with Gasteiger partial charge in [-0.1, -0.05) is 38.5 Å². The van der Waals surface area contributed by atoms with Crippen LogP contribution in [0, 0.1) is 11.3 Å². The number of hydrogen-bond acceptors (Lipinski definition) is 1. The second-order valence-corrected chi connectivity index (χ2v) is 5.35. The Hall–Kier alpha value is -0.560. The zero-order chi connectivity index (χ0) is 11.7. The fraction of sp³-hybridized carbons (Fsp3) is 0.714. The first-order valence-corrected chi connectivity index (χ1v) is 5.89. The van der Waals surface area contributed by atoms with Crippen molar-refractivity contribution in [1.82, 2.24) is 0 Å². The topological polar surface area (TPSA) is 20.2 Å². The van der Waals surface area contributed by atoms with Crippen molar-refractivity contribution < 1.29 is 5.11 Å². The first-order valence-electron chi connectivity index (χ1n) is 5.89. The summed E-state index contributed by atoms with van der Waals surface area (Å²) in [6.45, 7) is 12.5. The fourth-order valence-corrected chi connectivity index (χ4v) is 2.80. The van der Waals surface area contributed by atoms with E-state index in [1.165, 1.54) is 5.57 Å². The first kappa shape index (κ1) is 12.5. The molecule has 1 heteroatoms. The van der Waals surface area contributed by atoms with Gasteiger partial charge < -0.3 is 5.11 Å². The maximum absolute atomic E-state index is 10.7. The summed E-state index contributed by atoms with van der Waals surface area (Å²) >= 11 is 0. The Morgan fingerprint density at radius 2 is 2.27 bits per heavy atom. The molecule has 15 heavy (non-hydrogen) atoms. The largest absolute Gasteiger partial charge is 0.389 e. The molecule has 1 N–H and O–H groups in total. The van der Waals surface area contributed by atoms with Crippen molar-refractivity contribution in [1.29, 1.82) is 0 Å². The van der Waals surface area contributed by atoms with E-state index in [0.717, 1.165) is 12.8 Å². The highest BCUT2D eigenvalue weighted by Crippen LogP contribution is 2.50. The predicted octanol–water partition coefficient (Wildman–Crippen LogP) is 3.70.